The molecule has 4 nitrogen and oxygen atoms in total. The van der Waals surface area contributed by atoms with Gasteiger partial charge in [-0.15, -0.1) is 34.0 Å². The first kappa shape index (κ1) is 14.9. The molecule has 0 aliphatic rings. The molecule has 0 amide bonds. The van der Waals surface area contributed by atoms with Crippen LogP contribution in [0, 0.1) is 6.92 Å². The molecule has 0 radical (unpaired) electrons. The summed E-state index contributed by atoms with van der Waals surface area (Å²) in [5.74, 6) is 0. The minimum absolute atomic E-state index is 0.273. The van der Waals surface area contributed by atoms with Gasteiger partial charge in [-0.2, -0.15) is 0 Å². The number of nitrogens with one attached hydrogen (secondary N) is 1. The minimum atomic E-state index is -3.43. The first-order valence-corrected chi connectivity index (χ1v) is 10.2. The molecular weight excluding hydrogens is 344 g/mol. The Hall–Kier alpha value is -1.06. The predicted octanol–water partition coefficient (Wildman–Crippen LogP) is 3.72. The molecule has 21 heavy (non-hydrogen) atoms. The largest absolute Gasteiger partial charge is 0.250 e. The average molecular weight is 357 g/mol. The van der Waals surface area contributed by atoms with Gasteiger partial charge in [0, 0.05) is 11.4 Å². The third-order valence-electron chi connectivity index (χ3n) is 2.81. The topological polar surface area (TPSA) is 59.1 Å². The van der Waals surface area contributed by atoms with Gasteiger partial charge in [0.2, 0.25) is 10.0 Å². The maximum atomic E-state index is 12.1. The fraction of sp³-hybridized carbons (Fsp3) is 0.154. The number of aryl methyl sites for hydroxylation is 1. The van der Waals surface area contributed by atoms with Gasteiger partial charge in [-0.3, -0.25) is 0 Å². The molecule has 0 aliphatic carbocycles. The fourth-order valence-electron chi connectivity index (χ4n) is 1.75. The Morgan fingerprint density at radius 3 is 2.62 bits per heavy atom. The van der Waals surface area contributed by atoms with Crippen LogP contribution in [0.4, 0.5) is 0 Å². The highest BCUT2D eigenvalue weighted by molar-refractivity contribution is 7.91. The van der Waals surface area contributed by atoms with Crippen LogP contribution in [0.1, 0.15) is 10.6 Å². The van der Waals surface area contributed by atoms with Gasteiger partial charge in [0.25, 0.3) is 0 Å². The molecule has 0 bridgehead atoms. The number of sulfonamides is 1. The summed E-state index contributed by atoms with van der Waals surface area (Å²) in [6.07, 6.45) is 0. The number of hydrogen-bond acceptors (Lipinski definition) is 6. The summed E-state index contributed by atoms with van der Waals surface area (Å²) in [4.78, 5) is 6.56. The Morgan fingerprint density at radius 2 is 1.95 bits per heavy atom. The molecule has 3 rings (SSSR count). The van der Waals surface area contributed by atoms with Crippen molar-refractivity contribution in [1.29, 1.82) is 0 Å². The van der Waals surface area contributed by atoms with E-state index in [1.54, 1.807) is 28.8 Å². The average Bonchev–Trinajstić information content (AvgIpc) is 3.18. The van der Waals surface area contributed by atoms with Gasteiger partial charge < -0.3 is 0 Å². The Bertz CT molecular complexity index is 818. The van der Waals surface area contributed by atoms with Gasteiger partial charge >= 0.3 is 0 Å². The van der Waals surface area contributed by atoms with Gasteiger partial charge in [-0.1, -0.05) is 12.1 Å². The molecule has 3 aromatic rings. The first-order chi connectivity index (χ1) is 10.1. The lowest BCUT2D eigenvalue weighted by Crippen LogP contribution is -2.22. The van der Waals surface area contributed by atoms with Crippen LogP contribution in [0.3, 0.4) is 0 Å². The summed E-state index contributed by atoms with van der Waals surface area (Å²) in [5, 5.41) is 4.69. The standard InChI is InChI=1S/C13H12N2O2S4/c1-9-11(20-13(15-9)10-4-2-6-18-10)8-14-21(16,17)12-5-3-7-19-12/h2-7,14H,8H2,1H3. The third kappa shape index (κ3) is 3.24. The highest BCUT2D eigenvalue weighted by Crippen LogP contribution is 2.31. The molecule has 0 aliphatic heterocycles. The van der Waals surface area contributed by atoms with Crippen LogP contribution < -0.4 is 4.72 Å². The van der Waals surface area contributed by atoms with Gasteiger partial charge in [0.15, 0.2) is 0 Å². The van der Waals surface area contributed by atoms with Crippen LogP contribution in [-0.4, -0.2) is 13.4 Å². The highest BCUT2D eigenvalue weighted by Gasteiger charge is 2.17. The zero-order chi connectivity index (χ0) is 14.9. The van der Waals surface area contributed by atoms with Crippen molar-refractivity contribution in [3.63, 3.8) is 0 Å². The zero-order valence-electron chi connectivity index (χ0n) is 11.1. The van der Waals surface area contributed by atoms with E-state index < -0.39 is 10.0 Å². The molecule has 0 spiro atoms. The van der Waals surface area contributed by atoms with Crippen molar-refractivity contribution in [2.75, 3.05) is 0 Å². The summed E-state index contributed by atoms with van der Waals surface area (Å²) in [7, 11) is -3.43. The van der Waals surface area contributed by atoms with Crippen molar-refractivity contribution < 1.29 is 8.42 Å². The molecule has 3 aromatic heterocycles. The van der Waals surface area contributed by atoms with Crippen LogP contribution in [0.2, 0.25) is 0 Å². The second-order valence-electron chi connectivity index (χ2n) is 4.26. The van der Waals surface area contributed by atoms with E-state index in [9.17, 15) is 8.42 Å². The van der Waals surface area contributed by atoms with Crippen LogP contribution in [0.5, 0.6) is 0 Å². The molecule has 3 heterocycles. The van der Waals surface area contributed by atoms with Crippen molar-refractivity contribution >= 4 is 44.0 Å². The zero-order valence-corrected chi connectivity index (χ0v) is 14.3. The van der Waals surface area contributed by atoms with Crippen molar-refractivity contribution in [2.45, 2.75) is 17.7 Å². The normalized spacial score (nSPS) is 11.9. The summed E-state index contributed by atoms with van der Waals surface area (Å²) in [6.45, 7) is 2.18. The maximum absolute atomic E-state index is 12.1. The molecule has 8 heteroatoms. The second kappa shape index (κ2) is 5.98. The summed E-state index contributed by atoms with van der Waals surface area (Å²) >= 11 is 4.37. The van der Waals surface area contributed by atoms with Crippen molar-refractivity contribution in [3.05, 3.63) is 45.6 Å². The Labute approximate surface area is 135 Å². The maximum Gasteiger partial charge on any atom is 0.250 e. The summed E-state index contributed by atoms with van der Waals surface area (Å²) in [5.41, 5.74) is 0.872. The first-order valence-electron chi connectivity index (χ1n) is 6.09. The van der Waals surface area contributed by atoms with Crippen LogP contribution >= 0.6 is 34.0 Å². The van der Waals surface area contributed by atoms with Gasteiger partial charge in [0.05, 0.1) is 10.6 Å². The lowest BCUT2D eigenvalue weighted by atomic mass is 10.4. The molecule has 0 unspecified atom stereocenters. The third-order valence-corrected chi connectivity index (χ3v) is 7.80. The Kier molecular flexibility index (Phi) is 4.23. The lowest BCUT2D eigenvalue weighted by molar-refractivity contribution is 0.584. The molecule has 0 aromatic carbocycles. The van der Waals surface area contributed by atoms with Crippen LogP contribution in [0.25, 0.3) is 9.88 Å². The van der Waals surface area contributed by atoms with E-state index in [0.29, 0.717) is 4.21 Å². The van der Waals surface area contributed by atoms with E-state index in [4.69, 9.17) is 0 Å². The van der Waals surface area contributed by atoms with Gasteiger partial charge in [-0.25, -0.2) is 18.1 Å². The van der Waals surface area contributed by atoms with Gasteiger partial charge in [-0.05, 0) is 29.8 Å². The highest BCUT2D eigenvalue weighted by atomic mass is 32.2. The van der Waals surface area contributed by atoms with E-state index in [1.807, 2.05) is 24.4 Å². The second-order valence-corrected chi connectivity index (χ2v) is 9.23. The van der Waals surface area contributed by atoms with E-state index in [2.05, 4.69) is 9.71 Å². The number of hydrogen-bond donors (Lipinski definition) is 1. The summed E-state index contributed by atoms with van der Waals surface area (Å²) < 4.78 is 27.2. The van der Waals surface area contributed by atoms with E-state index in [0.717, 1.165) is 20.5 Å². The Balaban J connectivity index is 1.77. The molecule has 0 saturated carbocycles. The SMILES string of the molecule is Cc1nc(-c2cccs2)sc1CNS(=O)(=O)c1cccs1. The van der Waals surface area contributed by atoms with E-state index in [-0.39, 0.29) is 6.54 Å². The Morgan fingerprint density at radius 1 is 1.19 bits per heavy atom. The number of nitrogens with zero attached hydrogens (tertiary/aromatic N) is 1. The van der Waals surface area contributed by atoms with Crippen molar-refractivity contribution in [1.82, 2.24) is 9.71 Å². The van der Waals surface area contributed by atoms with Crippen molar-refractivity contribution in [2.24, 2.45) is 0 Å². The molecule has 110 valence electrons. The molecule has 0 fully saturated rings. The molecular formula is C13H12N2O2S4. The number of aromatic nitrogens is 1. The van der Waals surface area contributed by atoms with E-state index in [1.165, 1.54) is 22.7 Å². The lowest BCUT2D eigenvalue weighted by Gasteiger charge is -2.03. The quantitative estimate of drug-likeness (QED) is 0.758. The molecule has 1 N–H and O–H groups in total. The number of rotatable bonds is 5. The molecule has 0 saturated heterocycles. The fourth-order valence-corrected chi connectivity index (χ4v) is 5.67. The van der Waals surface area contributed by atoms with Crippen LogP contribution in [-0.2, 0) is 16.6 Å². The molecule has 0 atom stereocenters. The van der Waals surface area contributed by atoms with Gasteiger partial charge in [0.1, 0.15) is 9.22 Å². The predicted molar refractivity (Wildman–Crippen MR) is 88.5 cm³/mol. The van der Waals surface area contributed by atoms with Crippen LogP contribution in [0.15, 0.2) is 39.2 Å². The number of thiazole rings is 1. The van der Waals surface area contributed by atoms with E-state index >= 15 is 0 Å². The summed E-state index contributed by atoms with van der Waals surface area (Å²) in [6, 6.07) is 7.33. The minimum Gasteiger partial charge on any atom is -0.240 e. The van der Waals surface area contributed by atoms with Crippen molar-refractivity contribution in [3.8, 4) is 9.88 Å². The number of thiophene rings is 2. The smallest absolute Gasteiger partial charge is 0.240 e. The monoisotopic (exact) mass is 356 g/mol.